The standard InChI is InChI=1S/C29H45NO5S/c1-20-9-11-23(12-10-20)27(31)30(17-7-8-21(2)35-19-33-5)24-18-25(36-26(24)28(32)34-6)22-13-15-29(3,4)16-14-22/h13,18,20-21,23H,7-12,14-17,19H2,1-6H3. The predicted molar refractivity (Wildman–Crippen MR) is 146 cm³/mol. The molecular weight excluding hydrogens is 474 g/mol. The van der Waals surface area contributed by atoms with Crippen LogP contribution in [0.15, 0.2) is 12.1 Å². The summed E-state index contributed by atoms with van der Waals surface area (Å²) in [7, 11) is 3.03. The lowest BCUT2D eigenvalue weighted by Gasteiger charge is -2.31. The molecule has 0 radical (unpaired) electrons. The number of methoxy groups -OCH3 is 2. The Morgan fingerprint density at radius 3 is 2.53 bits per heavy atom. The number of hydrogen-bond acceptors (Lipinski definition) is 6. The maximum Gasteiger partial charge on any atom is 0.350 e. The number of ether oxygens (including phenoxy) is 3. The second-order valence-electron chi connectivity index (χ2n) is 11.4. The molecule has 1 unspecified atom stereocenters. The van der Waals surface area contributed by atoms with Crippen LogP contribution in [0, 0.1) is 17.3 Å². The van der Waals surface area contributed by atoms with E-state index in [1.54, 1.807) is 7.11 Å². The third-order valence-corrected chi connectivity index (χ3v) is 8.94. The van der Waals surface area contributed by atoms with Gasteiger partial charge in [-0.2, -0.15) is 0 Å². The van der Waals surface area contributed by atoms with Crippen LogP contribution in [-0.2, 0) is 19.0 Å². The normalized spacial score (nSPS) is 22.6. The SMILES string of the molecule is COCOC(C)CCCN(C(=O)C1CCC(C)CC1)c1cc(C2=CCC(C)(C)CC2)sc1C(=O)OC. The largest absolute Gasteiger partial charge is 0.465 e. The smallest absolute Gasteiger partial charge is 0.350 e. The number of carbonyl (C=O) groups is 2. The topological polar surface area (TPSA) is 65.1 Å². The summed E-state index contributed by atoms with van der Waals surface area (Å²) in [5, 5.41) is 0. The van der Waals surface area contributed by atoms with E-state index < -0.39 is 0 Å². The fourth-order valence-electron chi connectivity index (χ4n) is 5.16. The Hall–Kier alpha value is -1.70. The number of amides is 1. The average Bonchev–Trinajstić information content (AvgIpc) is 3.30. The molecule has 1 heterocycles. The maximum absolute atomic E-state index is 13.9. The van der Waals surface area contributed by atoms with Crippen LogP contribution in [0.4, 0.5) is 5.69 Å². The average molecular weight is 520 g/mol. The molecule has 1 amide bonds. The Morgan fingerprint density at radius 1 is 1.19 bits per heavy atom. The number of rotatable bonds is 11. The zero-order valence-electron chi connectivity index (χ0n) is 23.1. The number of anilines is 1. The highest BCUT2D eigenvalue weighted by molar-refractivity contribution is 7.15. The fraction of sp³-hybridized carbons (Fsp3) is 0.724. The molecular formula is C29H45NO5S. The summed E-state index contributed by atoms with van der Waals surface area (Å²) in [5.74, 6) is 0.444. The number of carbonyl (C=O) groups excluding carboxylic acids is 2. The van der Waals surface area contributed by atoms with Gasteiger partial charge in [0.05, 0.1) is 18.9 Å². The van der Waals surface area contributed by atoms with E-state index in [0.717, 1.165) is 62.7 Å². The van der Waals surface area contributed by atoms with Crippen LogP contribution in [0.2, 0.25) is 0 Å². The zero-order valence-corrected chi connectivity index (χ0v) is 23.9. The van der Waals surface area contributed by atoms with Gasteiger partial charge in [-0.25, -0.2) is 4.79 Å². The van der Waals surface area contributed by atoms with Gasteiger partial charge in [-0.15, -0.1) is 11.3 Å². The zero-order chi connectivity index (χ0) is 26.3. The van der Waals surface area contributed by atoms with Gasteiger partial charge < -0.3 is 19.1 Å². The molecule has 7 heteroatoms. The first kappa shape index (κ1) is 28.9. The van der Waals surface area contributed by atoms with Crippen LogP contribution in [0.5, 0.6) is 0 Å². The van der Waals surface area contributed by atoms with Crippen molar-refractivity contribution in [2.24, 2.45) is 17.3 Å². The van der Waals surface area contributed by atoms with Crippen molar-refractivity contribution in [3.8, 4) is 0 Å². The van der Waals surface area contributed by atoms with Crippen LogP contribution in [0.3, 0.4) is 0 Å². The Balaban J connectivity index is 1.89. The Bertz CT molecular complexity index is 913. The molecule has 202 valence electrons. The highest BCUT2D eigenvalue weighted by Gasteiger charge is 2.33. The van der Waals surface area contributed by atoms with Crippen LogP contribution >= 0.6 is 11.3 Å². The summed E-state index contributed by atoms with van der Waals surface area (Å²) in [6.45, 7) is 9.69. The van der Waals surface area contributed by atoms with Crippen LogP contribution in [0.25, 0.3) is 5.57 Å². The quantitative estimate of drug-likeness (QED) is 0.231. The Kier molecular flexibility index (Phi) is 10.6. The summed E-state index contributed by atoms with van der Waals surface area (Å²) in [5.41, 5.74) is 2.29. The molecule has 3 rings (SSSR count). The molecule has 1 aromatic rings. The lowest BCUT2D eigenvalue weighted by Crippen LogP contribution is -2.39. The molecule has 1 saturated carbocycles. The number of allylic oxidation sites excluding steroid dienone is 2. The molecule has 2 aliphatic rings. The van der Waals surface area contributed by atoms with Gasteiger partial charge in [0.1, 0.15) is 11.7 Å². The van der Waals surface area contributed by atoms with E-state index in [4.69, 9.17) is 14.2 Å². The van der Waals surface area contributed by atoms with Crippen molar-refractivity contribution in [1.29, 1.82) is 0 Å². The van der Waals surface area contributed by atoms with Crippen LogP contribution < -0.4 is 4.90 Å². The monoisotopic (exact) mass is 519 g/mol. The molecule has 36 heavy (non-hydrogen) atoms. The second kappa shape index (κ2) is 13.2. The van der Waals surface area contributed by atoms with Gasteiger partial charge in [-0.05, 0) is 87.7 Å². The molecule has 0 bridgehead atoms. The summed E-state index contributed by atoms with van der Waals surface area (Å²) >= 11 is 1.46. The lowest BCUT2D eigenvalue weighted by molar-refractivity contribution is -0.123. The van der Waals surface area contributed by atoms with Gasteiger partial charge in [0.2, 0.25) is 5.91 Å². The lowest BCUT2D eigenvalue weighted by atomic mass is 9.78. The molecule has 0 saturated heterocycles. The highest BCUT2D eigenvalue weighted by atomic mass is 32.1. The van der Waals surface area contributed by atoms with E-state index >= 15 is 0 Å². The first-order valence-corrected chi connectivity index (χ1v) is 14.3. The third kappa shape index (κ3) is 7.65. The first-order chi connectivity index (χ1) is 17.1. The minimum Gasteiger partial charge on any atom is -0.465 e. The van der Waals surface area contributed by atoms with Crippen molar-refractivity contribution in [1.82, 2.24) is 0 Å². The molecule has 0 N–H and O–H groups in total. The van der Waals surface area contributed by atoms with Crippen molar-refractivity contribution in [3.63, 3.8) is 0 Å². The van der Waals surface area contributed by atoms with Gasteiger partial charge in [0.25, 0.3) is 0 Å². The molecule has 1 fully saturated rings. The minimum atomic E-state index is -0.371. The number of hydrogen-bond donors (Lipinski definition) is 0. The summed E-state index contributed by atoms with van der Waals surface area (Å²) < 4.78 is 15.8. The molecule has 1 aromatic heterocycles. The fourth-order valence-corrected chi connectivity index (χ4v) is 6.31. The Labute approximate surface area is 221 Å². The number of nitrogens with zero attached hydrogens (tertiary/aromatic N) is 1. The van der Waals surface area contributed by atoms with E-state index in [0.29, 0.717) is 28.4 Å². The van der Waals surface area contributed by atoms with Crippen molar-refractivity contribution in [2.75, 3.05) is 32.5 Å². The third-order valence-electron chi connectivity index (χ3n) is 7.76. The first-order valence-electron chi connectivity index (χ1n) is 13.5. The van der Waals surface area contributed by atoms with Gasteiger partial charge in [0, 0.05) is 24.4 Å². The number of thiophene rings is 1. The van der Waals surface area contributed by atoms with Gasteiger partial charge in [0.15, 0.2) is 0 Å². The second-order valence-corrected chi connectivity index (χ2v) is 12.4. The summed E-state index contributed by atoms with van der Waals surface area (Å²) in [6, 6.07) is 2.06. The highest BCUT2D eigenvalue weighted by Crippen LogP contribution is 2.43. The number of esters is 1. The van der Waals surface area contributed by atoms with E-state index in [1.807, 2.05) is 11.8 Å². The summed E-state index contributed by atoms with van der Waals surface area (Å²) in [6.07, 6.45) is 11.0. The van der Waals surface area contributed by atoms with Crippen molar-refractivity contribution < 1.29 is 23.8 Å². The van der Waals surface area contributed by atoms with Crippen molar-refractivity contribution in [2.45, 2.75) is 91.6 Å². The molecule has 2 aliphatic carbocycles. The molecule has 1 atom stereocenters. The van der Waals surface area contributed by atoms with Gasteiger partial charge >= 0.3 is 5.97 Å². The predicted octanol–water partition coefficient (Wildman–Crippen LogP) is 7.08. The van der Waals surface area contributed by atoms with E-state index in [9.17, 15) is 9.59 Å². The van der Waals surface area contributed by atoms with Gasteiger partial charge in [-0.3, -0.25) is 4.79 Å². The molecule has 6 nitrogen and oxygen atoms in total. The molecule has 0 aliphatic heterocycles. The van der Waals surface area contributed by atoms with Crippen molar-refractivity contribution in [3.05, 3.63) is 21.9 Å². The van der Waals surface area contributed by atoms with Gasteiger partial charge in [-0.1, -0.05) is 26.8 Å². The molecule has 0 aromatic carbocycles. The Morgan fingerprint density at radius 2 is 1.92 bits per heavy atom. The minimum absolute atomic E-state index is 0.00640. The maximum atomic E-state index is 13.9. The summed E-state index contributed by atoms with van der Waals surface area (Å²) in [4.78, 5) is 30.3. The van der Waals surface area contributed by atoms with E-state index in [-0.39, 0.29) is 30.7 Å². The van der Waals surface area contributed by atoms with Crippen LogP contribution in [-0.4, -0.2) is 45.5 Å². The van der Waals surface area contributed by atoms with Crippen LogP contribution in [0.1, 0.15) is 100 Å². The molecule has 0 spiro atoms. The van der Waals surface area contributed by atoms with E-state index in [2.05, 4.69) is 32.9 Å². The van der Waals surface area contributed by atoms with E-state index in [1.165, 1.54) is 24.0 Å². The van der Waals surface area contributed by atoms with Crippen molar-refractivity contribution >= 4 is 34.5 Å².